The summed E-state index contributed by atoms with van der Waals surface area (Å²) in [4.78, 5) is 28.4. The topological polar surface area (TPSA) is 68.3 Å². The second-order valence-electron chi connectivity index (χ2n) is 4.31. The number of nitrogens with one attached hydrogen (secondary N) is 1. The van der Waals surface area contributed by atoms with Gasteiger partial charge >= 0.3 is 5.97 Å². The lowest BCUT2D eigenvalue weighted by Crippen LogP contribution is -2.34. The van der Waals surface area contributed by atoms with E-state index in [1.807, 2.05) is 31.4 Å². The second-order valence-corrected chi connectivity index (χ2v) is 6.12. The third kappa shape index (κ3) is 3.88. The summed E-state index contributed by atoms with van der Waals surface area (Å²) in [6, 6.07) is 3.88. The van der Waals surface area contributed by atoms with Crippen LogP contribution in [0.25, 0.3) is 9.88 Å². The molecule has 1 amide bonds. The first-order chi connectivity index (χ1) is 9.56. The lowest BCUT2D eigenvalue weighted by Gasteiger charge is -2.07. The molecule has 1 N–H and O–H groups in total. The Morgan fingerprint density at radius 1 is 1.40 bits per heavy atom. The molecule has 0 saturated carbocycles. The molecule has 0 aliphatic heterocycles. The maximum absolute atomic E-state index is 11.8. The predicted octanol–water partition coefficient (Wildman–Crippen LogP) is 2.55. The van der Waals surface area contributed by atoms with E-state index in [1.54, 1.807) is 16.7 Å². The Bertz CT molecular complexity index is 591. The number of rotatable bonds is 5. The van der Waals surface area contributed by atoms with E-state index < -0.39 is 5.97 Å². The van der Waals surface area contributed by atoms with Crippen molar-refractivity contribution in [3.8, 4) is 9.88 Å². The molecule has 0 aliphatic carbocycles. The van der Waals surface area contributed by atoms with Gasteiger partial charge in [0.25, 0.3) is 5.91 Å². The van der Waals surface area contributed by atoms with Crippen LogP contribution in [0.15, 0.2) is 22.9 Å². The van der Waals surface area contributed by atoms with Crippen LogP contribution < -0.4 is 5.32 Å². The van der Waals surface area contributed by atoms with Crippen LogP contribution >= 0.6 is 22.7 Å². The fourth-order valence-corrected chi connectivity index (χ4v) is 3.05. The highest BCUT2D eigenvalue weighted by molar-refractivity contribution is 7.20. The standard InChI is InChI=1S/C13H14N2O3S2/c1-8(2)14-11(16)6-18-13(17)9-7-20-12(15-9)10-4-3-5-19-10/h3-5,7-8H,6H2,1-2H3,(H,14,16). The summed E-state index contributed by atoms with van der Waals surface area (Å²) in [5.74, 6) is -0.898. The summed E-state index contributed by atoms with van der Waals surface area (Å²) in [5, 5.41) is 7.01. The SMILES string of the molecule is CC(C)NC(=O)COC(=O)c1csc(-c2cccs2)n1. The third-order valence-corrected chi connectivity index (χ3v) is 4.11. The molecule has 2 rings (SSSR count). The van der Waals surface area contributed by atoms with Crippen LogP contribution in [-0.4, -0.2) is 29.5 Å². The minimum atomic E-state index is -0.581. The molecule has 0 unspecified atom stereocenters. The van der Waals surface area contributed by atoms with Gasteiger partial charge < -0.3 is 10.1 Å². The normalized spacial score (nSPS) is 10.6. The first-order valence-corrected chi connectivity index (χ1v) is 7.78. The number of nitrogens with zero attached hydrogens (tertiary/aromatic N) is 1. The van der Waals surface area contributed by atoms with Crippen molar-refractivity contribution in [2.45, 2.75) is 19.9 Å². The molecule has 7 heteroatoms. The number of ether oxygens (including phenoxy) is 1. The number of carbonyl (C=O) groups is 2. The second kappa shape index (κ2) is 6.62. The molecule has 106 valence electrons. The fraction of sp³-hybridized carbons (Fsp3) is 0.308. The monoisotopic (exact) mass is 310 g/mol. The molecule has 0 aliphatic rings. The molecular weight excluding hydrogens is 296 g/mol. The van der Waals surface area contributed by atoms with Crippen LogP contribution in [0.5, 0.6) is 0 Å². The lowest BCUT2D eigenvalue weighted by atomic mass is 10.4. The summed E-state index contributed by atoms with van der Waals surface area (Å²) in [5.41, 5.74) is 0.232. The molecule has 2 heterocycles. The first-order valence-electron chi connectivity index (χ1n) is 6.02. The van der Waals surface area contributed by atoms with Gasteiger partial charge in [0.2, 0.25) is 0 Å². The largest absolute Gasteiger partial charge is 0.451 e. The number of aromatic nitrogens is 1. The van der Waals surface area contributed by atoms with E-state index in [4.69, 9.17) is 4.74 Å². The van der Waals surface area contributed by atoms with E-state index in [1.165, 1.54) is 11.3 Å². The van der Waals surface area contributed by atoms with Gasteiger partial charge in [0.15, 0.2) is 12.3 Å². The zero-order valence-electron chi connectivity index (χ0n) is 11.1. The van der Waals surface area contributed by atoms with E-state index >= 15 is 0 Å². The van der Waals surface area contributed by atoms with Crippen molar-refractivity contribution in [2.75, 3.05) is 6.61 Å². The Morgan fingerprint density at radius 3 is 2.85 bits per heavy atom. The molecule has 0 fully saturated rings. The molecule has 0 atom stereocenters. The van der Waals surface area contributed by atoms with Gasteiger partial charge in [-0.05, 0) is 25.3 Å². The summed E-state index contributed by atoms with van der Waals surface area (Å²) >= 11 is 2.94. The summed E-state index contributed by atoms with van der Waals surface area (Å²) in [6.45, 7) is 3.39. The Kier molecular flexibility index (Phi) is 4.86. The van der Waals surface area contributed by atoms with Crippen LogP contribution in [0.3, 0.4) is 0 Å². The van der Waals surface area contributed by atoms with Gasteiger partial charge in [-0.25, -0.2) is 9.78 Å². The average molecular weight is 310 g/mol. The number of hydrogen-bond acceptors (Lipinski definition) is 6. The van der Waals surface area contributed by atoms with Crippen molar-refractivity contribution >= 4 is 34.6 Å². The highest BCUT2D eigenvalue weighted by Gasteiger charge is 2.15. The lowest BCUT2D eigenvalue weighted by molar-refractivity contribution is -0.124. The molecule has 20 heavy (non-hydrogen) atoms. The summed E-state index contributed by atoms with van der Waals surface area (Å²) < 4.78 is 4.92. The molecule has 2 aromatic heterocycles. The number of amides is 1. The molecule has 2 aromatic rings. The molecule has 0 radical (unpaired) electrons. The van der Waals surface area contributed by atoms with Crippen LogP contribution in [0.1, 0.15) is 24.3 Å². The molecule has 0 aromatic carbocycles. The number of esters is 1. The van der Waals surface area contributed by atoms with Gasteiger partial charge in [-0.1, -0.05) is 6.07 Å². The number of thiophene rings is 1. The summed E-state index contributed by atoms with van der Waals surface area (Å²) in [6.07, 6.45) is 0. The van der Waals surface area contributed by atoms with Gasteiger partial charge in [0.1, 0.15) is 5.01 Å². The maximum Gasteiger partial charge on any atom is 0.358 e. The first kappa shape index (κ1) is 14.7. The highest BCUT2D eigenvalue weighted by Crippen LogP contribution is 2.27. The smallest absolute Gasteiger partial charge is 0.358 e. The van der Waals surface area contributed by atoms with E-state index in [2.05, 4.69) is 10.3 Å². The third-order valence-electron chi connectivity index (χ3n) is 2.23. The molecule has 0 bridgehead atoms. The van der Waals surface area contributed by atoms with Gasteiger partial charge in [-0.15, -0.1) is 22.7 Å². The minimum Gasteiger partial charge on any atom is -0.451 e. The zero-order valence-corrected chi connectivity index (χ0v) is 12.7. The van der Waals surface area contributed by atoms with Crippen molar-refractivity contribution in [3.05, 3.63) is 28.6 Å². The molecule has 5 nitrogen and oxygen atoms in total. The number of carbonyl (C=O) groups excluding carboxylic acids is 2. The van der Waals surface area contributed by atoms with E-state index in [0.717, 1.165) is 9.88 Å². The Hall–Kier alpha value is -1.73. The molecule has 0 saturated heterocycles. The van der Waals surface area contributed by atoms with Crippen LogP contribution in [0.4, 0.5) is 0 Å². The van der Waals surface area contributed by atoms with Gasteiger partial charge in [-0.2, -0.15) is 0 Å². The van der Waals surface area contributed by atoms with Gasteiger partial charge in [0.05, 0.1) is 4.88 Å². The Labute approximate surface area is 124 Å². The van der Waals surface area contributed by atoms with Crippen LogP contribution in [0.2, 0.25) is 0 Å². The van der Waals surface area contributed by atoms with E-state index in [-0.39, 0.29) is 24.2 Å². The molecule has 0 spiro atoms. The average Bonchev–Trinajstić information content (AvgIpc) is 3.04. The molecular formula is C13H14N2O3S2. The van der Waals surface area contributed by atoms with E-state index in [0.29, 0.717) is 0 Å². The highest BCUT2D eigenvalue weighted by atomic mass is 32.1. The van der Waals surface area contributed by atoms with Gasteiger partial charge in [-0.3, -0.25) is 4.79 Å². The fourth-order valence-electron chi connectivity index (χ4n) is 1.45. The minimum absolute atomic E-state index is 0.0194. The van der Waals surface area contributed by atoms with Crippen molar-refractivity contribution in [1.82, 2.24) is 10.3 Å². The summed E-state index contributed by atoms with van der Waals surface area (Å²) in [7, 11) is 0. The van der Waals surface area contributed by atoms with Crippen LogP contribution in [0, 0.1) is 0 Å². The zero-order chi connectivity index (χ0) is 14.5. The van der Waals surface area contributed by atoms with Crippen molar-refractivity contribution in [3.63, 3.8) is 0 Å². The van der Waals surface area contributed by atoms with E-state index in [9.17, 15) is 9.59 Å². The quantitative estimate of drug-likeness (QED) is 0.862. The Balaban J connectivity index is 1.92. The van der Waals surface area contributed by atoms with Crippen molar-refractivity contribution in [1.29, 1.82) is 0 Å². The number of hydrogen-bond donors (Lipinski definition) is 1. The Morgan fingerprint density at radius 2 is 2.20 bits per heavy atom. The van der Waals surface area contributed by atoms with Crippen molar-refractivity contribution in [2.24, 2.45) is 0 Å². The van der Waals surface area contributed by atoms with Crippen molar-refractivity contribution < 1.29 is 14.3 Å². The van der Waals surface area contributed by atoms with Crippen LogP contribution in [-0.2, 0) is 9.53 Å². The van der Waals surface area contributed by atoms with Gasteiger partial charge in [0, 0.05) is 11.4 Å². The predicted molar refractivity (Wildman–Crippen MR) is 79.0 cm³/mol. The maximum atomic E-state index is 11.8. The number of thiazole rings is 1.